The van der Waals surface area contributed by atoms with Crippen molar-refractivity contribution in [1.82, 2.24) is 0 Å². The summed E-state index contributed by atoms with van der Waals surface area (Å²) in [5.41, 5.74) is 2.87. The summed E-state index contributed by atoms with van der Waals surface area (Å²) in [4.78, 5) is 12.2. The molecule has 0 saturated heterocycles. The molecule has 0 heterocycles. The highest BCUT2D eigenvalue weighted by Crippen LogP contribution is 2.42. The number of benzene rings is 2. The molecule has 1 aliphatic carbocycles. The molecule has 3 rings (SSSR count). The van der Waals surface area contributed by atoms with Crippen molar-refractivity contribution in [1.29, 1.82) is 0 Å². The Bertz CT molecular complexity index is 661. The first-order chi connectivity index (χ1) is 9.74. The Balaban J connectivity index is 2.12. The predicted molar refractivity (Wildman–Crippen MR) is 76.8 cm³/mol. The van der Waals surface area contributed by atoms with Gasteiger partial charge in [-0.2, -0.15) is 0 Å². The van der Waals surface area contributed by atoms with Crippen molar-refractivity contribution in [3.63, 3.8) is 0 Å². The van der Waals surface area contributed by atoms with E-state index in [-0.39, 0.29) is 11.7 Å². The van der Waals surface area contributed by atoms with Gasteiger partial charge in [-0.15, -0.1) is 0 Å². The molecule has 20 heavy (non-hydrogen) atoms. The largest absolute Gasteiger partial charge is 0.497 e. The number of carbonyl (C=O) groups excluding carboxylic acids is 1. The van der Waals surface area contributed by atoms with E-state index in [1.54, 1.807) is 14.2 Å². The molecule has 0 radical (unpaired) electrons. The van der Waals surface area contributed by atoms with Crippen molar-refractivity contribution < 1.29 is 14.3 Å². The summed E-state index contributed by atoms with van der Waals surface area (Å²) in [7, 11) is 3.29. The smallest absolute Gasteiger partial charge is 0.164 e. The molecule has 102 valence electrons. The van der Waals surface area contributed by atoms with E-state index < -0.39 is 0 Å². The molecule has 3 nitrogen and oxygen atoms in total. The molecule has 0 unspecified atom stereocenters. The topological polar surface area (TPSA) is 35.5 Å². The van der Waals surface area contributed by atoms with Crippen LogP contribution in [0.15, 0.2) is 42.5 Å². The van der Waals surface area contributed by atoms with E-state index in [2.05, 4.69) is 0 Å². The number of carbonyl (C=O) groups is 1. The average Bonchev–Trinajstić information content (AvgIpc) is 2.83. The fourth-order valence-corrected chi connectivity index (χ4v) is 2.85. The van der Waals surface area contributed by atoms with Crippen LogP contribution < -0.4 is 9.47 Å². The molecular weight excluding hydrogens is 252 g/mol. The number of rotatable bonds is 3. The second-order valence-corrected chi connectivity index (χ2v) is 4.88. The number of fused-ring (bicyclic) bond motifs is 1. The summed E-state index contributed by atoms with van der Waals surface area (Å²) in [5, 5.41) is 0. The Kier molecular flexibility index (Phi) is 3.18. The summed E-state index contributed by atoms with van der Waals surface area (Å²) in [5.74, 6) is 1.82. The Labute approximate surface area is 118 Å². The van der Waals surface area contributed by atoms with Gasteiger partial charge in [0.25, 0.3) is 0 Å². The zero-order valence-electron chi connectivity index (χ0n) is 11.6. The van der Waals surface area contributed by atoms with Gasteiger partial charge in [0.1, 0.15) is 11.5 Å². The minimum Gasteiger partial charge on any atom is -0.497 e. The maximum absolute atomic E-state index is 12.2. The Morgan fingerprint density at radius 1 is 1.00 bits per heavy atom. The van der Waals surface area contributed by atoms with Gasteiger partial charge in [0.05, 0.1) is 14.2 Å². The summed E-state index contributed by atoms with van der Waals surface area (Å²) in [6.07, 6.45) is 0.489. The number of Topliss-reactive ketones (excluding diaryl/α,β-unsaturated/α-hetero) is 1. The van der Waals surface area contributed by atoms with Gasteiger partial charge < -0.3 is 9.47 Å². The lowest BCUT2D eigenvalue weighted by Crippen LogP contribution is -2.00. The third-order valence-electron chi connectivity index (χ3n) is 3.84. The summed E-state index contributed by atoms with van der Waals surface area (Å²) < 4.78 is 10.7. The zero-order valence-corrected chi connectivity index (χ0v) is 11.6. The van der Waals surface area contributed by atoms with Gasteiger partial charge in [-0.25, -0.2) is 0 Å². The fraction of sp³-hybridized carbons (Fsp3) is 0.235. The standard InChI is InChI=1S/C17H16O3/c1-19-11-7-8-12-14(9-11)15(10-16(12)18)13-5-3-4-6-17(13)20-2/h3-9,15H,10H2,1-2H3/t15-/m0/s1. The summed E-state index contributed by atoms with van der Waals surface area (Å²) in [6.45, 7) is 0. The number of ketones is 1. The SMILES string of the molecule is COc1ccc2c(c1)[C@H](c1ccccc1OC)CC2=O. The molecule has 0 fully saturated rings. The van der Waals surface area contributed by atoms with Gasteiger partial charge in [-0.1, -0.05) is 18.2 Å². The first-order valence-electron chi connectivity index (χ1n) is 6.58. The second-order valence-electron chi connectivity index (χ2n) is 4.88. The molecule has 1 atom stereocenters. The predicted octanol–water partition coefficient (Wildman–Crippen LogP) is 3.42. The molecular formula is C17H16O3. The number of ether oxygens (including phenoxy) is 2. The molecule has 2 aromatic carbocycles. The molecule has 0 aliphatic heterocycles. The van der Waals surface area contributed by atoms with Crippen molar-refractivity contribution in [2.24, 2.45) is 0 Å². The average molecular weight is 268 g/mol. The van der Waals surface area contributed by atoms with Crippen LogP contribution in [0.5, 0.6) is 11.5 Å². The first kappa shape index (κ1) is 12.7. The van der Waals surface area contributed by atoms with E-state index >= 15 is 0 Å². The van der Waals surface area contributed by atoms with E-state index in [9.17, 15) is 4.79 Å². The number of para-hydroxylation sites is 1. The van der Waals surface area contributed by atoms with E-state index in [0.29, 0.717) is 6.42 Å². The maximum Gasteiger partial charge on any atom is 0.164 e. The number of hydrogen-bond donors (Lipinski definition) is 0. The Hall–Kier alpha value is -2.29. The third kappa shape index (κ3) is 1.95. The maximum atomic E-state index is 12.2. The van der Waals surface area contributed by atoms with Crippen LogP contribution in [-0.4, -0.2) is 20.0 Å². The molecule has 0 spiro atoms. The van der Waals surface area contributed by atoms with Gasteiger partial charge in [0.2, 0.25) is 0 Å². The minimum absolute atomic E-state index is 0.0451. The quantitative estimate of drug-likeness (QED) is 0.855. The van der Waals surface area contributed by atoms with Gasteiger partial charge in [-0.3, -0.25) is 4.79 Å². The van der Waals surface area contributed by atoms with Crippen molar-refractivity contribution in [2.45, 2.75) is 12.3 Å². The van der Waals surface area contributed by atoms with E-state index in [4.69, 9.17) is 9.47 Å². The molecule has 2 aromatic rings. The molecule has 1 aliphatic rings. The highest BCUT2D eigenvalue weighted by Gasteiger charge is 2.32. The molecule has 0 bridgehead atoms. The van der Waals surface area contributed by atoms with Gasteiger partial charge in [0, 0.05) is 23.5 Å². The lowest BCUT2D eigenvalue weighted by atomic mass is 9.92. The summed E-state index contributed by atoms with van der Waals surface area (Å²) in [6, 6.07) is 13.5. The monoisotopic (exact) mass is 268 g/mol. The fourth-order valence-electron chi connectivity index (χ4n) is 2.85. The third-order valence-corrected chi connectivity index (χ3v) is 3.84. The Morgan fingerprint density at radius 3 is 2.55 bits per heavy atom. The molecule has 0 amide bonds. The van der Waals surface area contributed by atoms with Crippen LogP contribution in [0.2, 0.25) is 0 Å². The number of methoxy groups -OCH3 is 2. The van der Waals surface area contributed by atoms with Crippen LogP contribution in [0.25, 0.3) is 0 Å². The van der Waals surface area contributed by atoms with Gasteiger partial charge >= 0.3 is 0 Å². The van der Waals surface area contributed by atoms with Crippen LogP contribution in [0.1, 0.15) is 33.8 Å². The van der Waals surface area contributed by atoms with Crippen molar-refractivity contribution >= 4 is 5.78 Å². The molecule has 3 heteroatoms. The van der Waals surface area contributed by atoms with Crippen LogP contribution in [0, 0.1) is 0 Å². The van der Waals surface area contributed by atoms with E-state index in [0.717, 1.165) is 28.2 Å². The highest BCUT2D eigenvalue weighted by atomic mass is 16.5. The van der Waals surface area contributed by atoms with Crippen LogP contribution in [0.3, 0.4) is 0 Å². The molecule has 0 N–H and O–H groups in total. The van der Waals surface area contributed by atoms with Gasteiger partial charge in [-0.05, 0) is 29.8 Å². The van der Waals surface area contributed by atoms with Gasteiger partial charge in [0.15, 0.2) is 5.78 Å². The molecule has 0 aromatic heterocycles. The van der Waals surface area contributed by atoms with Crippen molar-refractivity contribution in [3.8, 4) is 11.5 Å². The molecule has 0 saturated carbocycles. The second kappa shape index (κ2) is 5.00. The lowest BCUT2D eigenvalue weighted by Gasteiger charge is -2.15. The first-order valence-corrected chi connectivity index (χ1v) is 6.58. The van der Waals surface area contributed by atoms with E-state index in [1.165, 1.54) is 0 Å². The van der Waals surface area contributed by atoms with Crippen LogP contribution >= 0.6 is 0 Å². The highest BCUT2D eigenvalue weighted by molar-refractivity contribution is 6.02. The number of hydrogen-bond acceptors (Lipinski definition) is 3. The van der Waals surface area contributed by atoms with Crippen LogP contribution in [-0.2, 0) is 0 Å². The van der Waals surface area contributed by atoms with Crippen molar-refractivity contribution in [3.05, 3.63) is 59.2 Å². The van der Waals surface area contributed by atoms with E-state index in [1.807, 2.05) is 42.5 Å². The Morgan fingerprint density at radius 2 is 1.80 bits per heavy atom. The summed E-state index contributed by atoms with van der Waals surface area (Å²) >= 11 is 0. The van der Waals surface area contributed by atoms with Crippen molar-refractivity contribution in [2.75, 3.05) is 14.2 Å². The lowest BCUT2D eigenvalue weighted by molar-refractivity contribution is 0.0991. The normalized spacial score (nSPS) is 16.9. The minimum atomic E-state index is 0.0451. The zero-order chi connectivity index (χ0) is 14.1. The van der Waals surface area contributed by atoms with Crippen LogP contribution in [0.4, 0.5) is 0 Å².